The van der Waals surface area contributed by atoms with Gasteiger partial charge in [-0.1, -0.05) is 19.8 Å². The van der Waals surface area contributed by atoms with E-state index in [1.165, 1.54) is 40.9 Å². The third-order valence-corrected chi connectivity index (χ3v) is 5.68. The minimum Gasteiger partial charge on any atom is -0.309 e. The molecule has 0 spiro atoms. The van der Waals surface area contributed by atoms with Crippen LogP contribution in [0.1, 0.15) is 50.4 Å². The minimum absolute atomic E-state index is 0.491. The summed E-state index contributed by atoms with van der Waals surface area (Å²) in [6.45, 7) is 5.84. The first kappa shape index (κ1) is 13.6. The molecular weight excluding hydrogens is 294 g/mol. The van der Waals surface area contributed by atoms with Crippen molar-refractivity contribution < 1.29 is 0 Å². The molecule has 2 rings (SSSR count). The Morgan fingerprint density at radius 2 is 2.06 bits per heavy atom. The van der Waals surface area contributed by atoms with Crippen LogP contribution in [-0.4, -0.2) is 6.54 Å². The monoisotopic (exact) mass is 315 g/mol. The van der Waals surface area contributed by atoms with E-state index in [4.69, 9.17) is 0 Å². The Labute approximate surface area is 117 Å². The summed E-state index contributed by atoms with van der Waals surface area (Å²) in [5.41, 5.74) is 0. The van der Waals surface area contributed by atoms with Gasteiger partial charge in [-0.15, -0.1) is 11.3 Å². The van der Waals surface area contributed by atoms with Crippen LogP contribution in [0.5, 0.6) is 0 Å². The summed E-state index contributed by atoms with van der Waals surface area (Å²) in [4.78, 5) is 1.43. The van der Waals surface area contributed by atoms with Gasteiger partial charge < -0.3 is 5.32 Å². The van der Waals surface area contributed by atoms with Gasteiger partial charge in [0.25, 0.3) is 0 Å². The lowest BCUT2D eigenvalue weighted by atomic mass is 9.83. The van der Waals surface area contributed by atoms with Crippen molar-refractivity contribution in [1.82, 2.24) is 5.32 Å². The van der Waals surface area contributed by atoms with Crippen molar-refractivity contribution in [1.29, 1.82) is 0 Å². The number of halogens is 1. The largest absolute Gasteiger partial charge is 0.309 e. The molecule has 0 radical (unpaired) electrons. The first-order chi connectivity index (χ1) is 8.15. The van der Waals surface area contributed by atoms with Gasteiger partial charge in [0.05, 0.1) is 3.79 Å². The molecule has 1 aliphatic rings. The van der Waals surface area contributed by atoms with Crippen LogP contribution < -0.4 is 5.32 Å². The number of hydrogen-bond donors (Lipinski definition) is 1. The highest BCUT2D eigenvalue weighted by molar-refractivity contribution is 9.11. The molecule has 1 nitrogen and oxygen atoms in total. The normalized spacial score (nSPS) is 27.0. The van der Waals surface area contributed by atoms with Gasteiger partial charge in [-0.25, -0.2) is 0 Å². The zero-order valence-corrected chi connectivity index (χ0v) is 13.1. The molecule has 1 unspecified atom stereocenters. The van der Waals surface area contributed by atoms with Crippen LogP contribution in [0.15, 0.2) is 15.9 Å². The van der Waals surface area contributed by atoms with Gasteiger partial charge in [-0.3, -0.25) is 0 Å². The molecule has 1 saturated carbocycles. The van der Waals surface area contributed by atoms with E-state index in [0.29, 0.717) is 6.04 Å². The third kappa shape index (κ3) is 4.08. The van der Waals surface area contributed by atoms with Crippen LogP contribution in [0, 0.1) is 11.8 Å². The molecule has 17 heavy (non-hydrogen) atoms. The van der Waals surface area contributed by atoms with Gasteiger partial charge in [-0.2, -0.15) is 0 Å². The van der Waals surface area contributed by atoms with Crippen LogP contribution in [0.4, 0.5) is 0 Å². The molecule has 0 aromatic carbocycles. The van der Waals surface area contributed by atoms with Crippen molar-refractivity contribution in [3.8, 4) is 0 Å². The maximum absolute atomic E-state index is 3.69. The number of rotatable bonds is 4. The van der Waals surface area contributed by atoms with E-state index in [2.05, 4.69) is 47.2 Å². The van der Waals surface area contributed by atoms with Crippen molar-refractivity contribution >= 4 is 27.3 Å². The lowest BCUT2D eigenvalue weighted by molar-refractivity contribution is 0.276. The highest BCUT2D eigenvalue weighted by Gasteiger charge is 2.18. The highest BCUT2D eigenvalue weighted by atomic mass is 79.9. The molecule has 1 N–H and O–H groups in total. The van der Waals surface area contributed by atoms with E-state index in [9.17, 15) is 0 Å². The van der Waals surface area contributed by atoms with Crippen molar-refractivity contribution in [3.05, 3.63) is 20.8 Å². The van der Waals surface area contributed by atoms with Crippen LogP contribution in [0.3, 0.4) is 0 Å². The summed E-state index contributed by atoms with van der Waals surface area (Å²) in [7, 11) is 0. The lowest BCUT2D eigenvalue weighted by Gasteiger charge is -2.27. The number of thiophene rings is 1. The molecule has 1 heterocycles. The zero-order chi connectivity index (χ0) is 12.3. The Morgan fingerprint density at radius 1 is 1.35 bits per heavy atom. The molecule has 1 aromatic rings. The fourth-order valence-corrected chi connectivity index (χ4v) is 3.99. The van der Waals surface area contributed by atoms with Gasteiger partial charge in [0.2, 0.25) is 0 Å². The van der Waals surface area contributed by atoms with Gasteiger partial charge in [-0.05, 0) is 66.2 Å². The quantitative estimate of drug-likeness (QED) is 0.825. The summed E-state index contributed by atoms with van der Waals surface area (Å²) in [5.74, 6) is 1.86. The Bertz CT molecular complexity index is 342. The maximum Gasteiger partial charge on any atom is 0.0701 e. The van der Waals surface area contributed by atoms with E-state index in [1.54, 1.807) is 0 Å². The second kappa shape index (κ2) is 6.35. The molecule has 0 amide bonds. The number of hydrogen-bond acceptors (Lipinski definition) is 2. The van der Waals surface area contributed by atoms with Crippen molar-refractivity contribution in [3.63, 3.8) is 0 Å². The number of nitrogens with one attached hydrogen (secondary N) is 1. The third-order valence-electron chi connectivity index (χ3n) is 3.87. The Balaban J connectivity index is 1.74. The Hall–Kier alpha value is 0.140. The molecular formula is C14H22BrNS. The second-order valence-electron chi connectivity index (χ2n) is 5.40. The summed E-state index contributed by atoms with van der Waals surface area (Å²) in [5, 5.41) is 3.69. The van der Waals surface area contributed by atoms with Gasteiger partial charge in [0, 0.05) is 10.9 Å². The fourth-order valence-electron chi connectivity index (χ4n) is 2.54. The van der Waals surface area contributed by atoms with E-state index in [1.807, 2.05) is 11.3 Å². The molecule has 1 fully saturated rings. The van der Waals surface area contributed by atoms with Crippen LogP contribution in [0.2, 0.25) is 0 Å². The molecule has 1 aliphatic carbocycles. The summed E-state index contributed by atoms with van der Waals surface area (Å²) in [6.07, 6.45) is 5.67. The van der Waals surface area contributed by atoms with E-state index in [-0.39, 0.29) is 0 Å². The fraction of sp³-hybridized carbons (Fsp3) is 0.714. The highest BCUT2D eigenvalue weighted by Crippen LogP contribution is 2.30. The molecule has 96 valence electrons. The van der Waals surface area contributed by atoms with Gasteiger partial charge >= 0.3 is 0 Å². The Kier molecular flexibility index (Phi) is 5.07. The molecule has 0 saturated heterocycles. The molecule has 1 aromatic heterocycles. The predicted molar refractivity (Wildman–Crippen MR) is 79.6 cm³/mol. The lowest BCUT2D eigenvalue weighted by Crippen LogP contribution is -2.27. The van der Waals surface area contributed by atoms with E-state index >= 15 is 0 Å². The SMILES string of the molecule is CC1CCC(CNC(C)c2ccc(Br)s2)CC1. The standard InChI is InChI=1S/C14H22BrNS/c1-10-3-5-12(6-4-10)9-16-11(2)13-7-8-14(15)17-13/h7-8,10-12,16H,3-6,9H2,1-2H3. The van der Waals surface area contributed by atoms with Crippen LogP contribution in [-0.2, 0) is 0 Å². The van der Waals surface area contributed by atoms with Gasteiger partial charge in [0.15, 0.2) is 0 Å². The van der Waals surface area contributed by atoms with Crippen LogP contribution >= 0.6 is 27.3 Å². The summed E-state index contributed by atoms with van der Waals surface area (Å²) >= 11 is 5.36. The van der Waals surface area contributed by atoms with Crippen molar-refractivity contribution in [2.24, 2.45) is 11.8 Å². The minimum atomic E-state index is 0.491. The van der Waals surface area contributed by atoms with E-state index in [0.717, 1.165) is 11.8 Å². The summed E-state index contributed by atoms with van der Waals surface area (Å²) in [6, 6.07) is 4.85. The van der Waals surface area contributed by atoms with Crippen LogP contribution in [0.25, 0.3) is 0 Å². The predicted octanol–water partition coefficient (Wildman–Crippen LogP) is 4.99. The topological polar surface area (TPSA) is 12.0 Å². The first-order valence-electron chi connectivity index (χ1n) is 6.63. The molecule has 0 bridgehead atoms. The average molecular weight is 316 g/mol. The maximum atomic E-state index is 3.69. The first-order valence-corrected chi connectivity index (χ1v) is 8.24. The smallest absolute Gasteiger partial charge is 0.0701 e. The Morgan fingerprint density at radius 3 is 2.65 bits per heavy atom. The van der Waals surface area contributed by atoms with Gasteiger partial charge in [0.1, 0.15) is 0 Å². The zero-order valence-electron chi connectivity index (χ0n) is 10.7. The summed E-state index contributed by atoms with van der Waals surface area (Å²) < 4.78 is 1.23. The van der Waals surface area contributed by atoms with Crippen molar-refractivity contribution in [2.45, 2.75) is 45.6 Å². The van der Waals surface area contributed by atoms with E-state index < -0.39 is 0 Å². The van der Waals surface area contributed by atoms with Crippen molar-refractivity contribution in [2.75, 3.05) is 6.54 Å². The molecule has 1 atom stereocenters. The second-order valence-corrected chi connectivity index (χ2v) is 7.89. The molecule has 0 aliphatic heterocycles. The molecule has 3 heteroatoms. The average Bonchev–Trinajstić information content (AvgIpc) is 2.75.